The Hall–Kier alpha value is -1.12. The van der Waals surface area contributed by atoms with Crippen LogP contribution in [0.3, 0.4) is 0 Å². The van der Waals surface area contributed by atoms with E-state index in [0.717, 1.165) is 11.9 Å². The van der Waals surface area contributed by atoms with Gasteiger partial charge in [-0.15, -0.1) is 0 Å². The first-order valence-electron chi connectivity index (χ1n) is 2.68. The molecule has 0 saturated heterocycles. The van der Waals surface area contributed by atoms with Gasteiger partial charge < -0.3 is 5.73 Å². The van der Waals surface area contributed by atoms with Crippen LogP contribution in [0, 0.1) is 5.41 Å². The first-order chi connectivity index (χ1) is 4.22. The maximum atomic E-state index is 6.58. The third-order valence-electron chi connectivity index (χ3n) is 1.04. The lowest BCUT2D eigenvalue weighted by Gasteiger charge is -1.93. The quantitative estimate of drug-likeness (QED) is 0.418. The Morgan fingerprint density at radius 2 is 2.22 bits per heavy atom. The van der Waals surface area contributed by atoms with Crippen molar-refractivity contribution in [2.24, 2.45) is 10.7 Å². The number of nitrogens with zero attached hydrogens (tertiary/aromatic N) is 1. The van der Waals surface area contributed by atoms with Crippen LogP contribution in [0.15, 0.2) is 16.6 Å². The molecule has 0 aliphatic carbocycles. The number of allylic oxidation sites excluding steroid dienone is 1. The van der Waals surface area contributed by atoms with Gasteiger partial charge in [-0.25, -0.2) is 4.99 Å². The Morgan fingerprint density at radius 3 is 2.56 bits per heavy atom. The molecule has 0 aromatic heterocycles. The summed E-state index contributed by atoms with van der Waals surface area (Å²) in [5.74, 6) is 0.410. The lowest BCUT2D eigenvalue weighted by molar-refractivity contribution is 1.43. The van der Waals surface area contributed by atoms with Gasteiger partial charge in [-0.2, -0.15) is 0 Å². The lowest BCUT2D eigenvalue weighted by Crippen LogP contribution is -2.12. The Labute approximate surface area is 54.8 Å². The Bertz CT molecular complexity index is 156. The summed E-state index contributed by atoms with van der Waals surface area (Å²) in [6, 6.07) is 0. The van der Waals surface area contributed by atoms with Gasteiger partial charge in [-0.3, -0.25) is 5.41 Å². The van der Waals surface area contributed by atoms with Crippen molar-refractivity contribution in [3.05, 3.63) is 11.6 Å². The second-order valence-corrected chi connectivity index (χ2v) is 1.62. The molecule has 50 valence electrons. The second-order valence-electron chi connectivity index (χ2n) is 1.62. The van der Waals surface area contributed by atoms with Gasteiger partial charge in [0, 0.05) is 0 Å². The number of amidine groups is 1. The van der Waals surface area contributed by atoms with E-state index in [2.05, 4.69) is 4.99 Å². The second kappa shape index (κ2) is 3.83. The van der Waals surface area contributed by atoms with Gasteiger partial charge in [0.2, 0.25) is 0 Å². The molecule has 0 unspecified atom stereocenters. The summed E-state index contributed by atoms with van der Waals surface area (Å²) in [7, 11) is 0. The van der Waals surface area contributed by atoms with Crippen LogP contribution in [-0.4, -0.2) is 12.2 Å². The van der Waals surface area contributed by atoms with Crippen molar-refractivity contribution in [3.63, 3.8) is 0 Å². The summed E-state index contributed by atoms with van der Waals surface area (Å²) < 4.78 is 0. The number of nitrogens with one attached hydrogen (secondary N) is 1. The van der Waals surface area contributed by atoms with Crippen LogP contribution < -0.4 is 5.73 Å². The third-order valence-corrected chi connectivity index (χ3v) is 1.04. The average Bonchev–Trinajstić information content (AvgIpc) is 1.87. The molecule has 0 fully saturated rings. The molecular formula is C6H11N3. The van der Waals surface area contributed by atoms with Crippen LogP contribution in [-0.2, 0) is 0 Å². The van der Waals surface area contributed by atoms with Crippen molar-refractivity contribution < 1.29 is 0 Å². The maximum absolute atomic E-state index is 6.58. The Kier molecular flexibility index (Phi) is 3.35. The first-order valence-corrected chi connectivity index (χ1v) is 2.68. The molecule has 9 heavy (non-hydrogen) atoms. The minimum atomic E-state index is 0.410. The monoisotopic (exact) mass is 125 g/mol. The summed E-state index contributed by atoms with van der Waals surface area (Å²) >= 11 is 0. The van der Waals surface area contributed by atoms with Gasteiger partial charge in [-0.1, -0.05) is 6.08 Å². The van der Waals surface area contributed by atoms with Gasteiger partial charge in [0.15, 0.2) is 0 Å². The summed E-state index contributed by atoms with van der Waals surface area (Å²) in [6.45, 7) is 3.73. The Balaban J connectivity index is 4.19. The molecule has 3 nitrogen and oxygen atoms in total. The molecule has 0 rings (SSSR count). The molecule has 0 saturated carbocycles. The van der Waals surface area contributed by atoms with E-state index in [4.69, 9.17) is 11.1 Å². The van der Waals surface area contributed by atoms with Gasteiger partial charge in [-0.05, 0) is 19.4 Å². The van der Waals surface area contributed by atoms with Crippen molar-refractivity contribution in [1.82, 2.24) is 0 Å². The summed E-state index contributed by atoms with van der Waals surface area (Å²) in [6.07, 6.45) is 2.78. The van der Waals surface area contributed by atoms with Gasteiger partial charge in [0.25, 0.3) is 0 Å². The SMILES string of the molecule is C/C=C(C)/C(N)=N\C=N. The molecule has 0 atom stereocenters. The zero-order chi connectivity index (χ0) is 7.28. The number of hydrogen-bond donors (Lipinski definition) is 2. The normalized spacial score (nSPS) is 13.6. The van der Waals surface area contributed by atoms with E-state index in [-0.39, 0.29) is 0 Å². The molecule has 0 aliphatic rings. The number of hydrogen-bond acceptors (Lipinski definition) is 1. The minimum absolute atomic E-state index is 0.410. The maximum Gasteiger partial charge on any atom is 0.127 e. The third kappa shape index (κ3) is 2.64. The van der Waals surface area contributed by atoms with E-state index in [1.807, 2.05) is 19.9 Å². The predicted octanol–water partition coefficient (Wildman–Crippen LogP) is 0.917. The van der Waals surface area contributed by atoms with E-state index < -0.39 is 0 Å². The van der Waals surface area contributed by atoms with Crippen LogP contribution in [0.5, 0.6) is 0 Å². The van der Waals surface area contributed by atoms with Crippen molar-refractivity contribution in [2.45, 2.75) is 13.8 Å². The minimum Gasteiger partial charge on any atom is -0.383 e. The smallest absolute Gasteiger partial charge is 0.127 e. The van der Waals surface area contributed by atoms with E-state index in [9.17, 15) is 0 Å². The Morgan fingerprint density at radius 1 is 1.67 bits per heavy atom. The highest BCUT2D eigenvalue weighted by atomic mass is 14.9. The topological polar surface area (TPSA) is 62.2 Å². The van der Waals surface area contributed by atoms with E-state index in [1.165, 1.54) is 0 Å². The van der Waals surface area contributed by atoms with E-state index in [0.29, 0.717) is 5.84 Å². The molecule has 0 aromatic rings. The fourth-order valence-corrected chi connectivity index (χ4v) is 0.319. The van der Waals surface area contributed by atoms with Crippen LogP contribution in [0.2, 0.25) is 0 Å². The average molecular weight is 125 g/mol. The zero-order valence-corrected chi connectivity index (χ0v) is 5.68. The van der Waals surface area contributed by atoms with Gasteiger partial charge >= 0.3 is 0 Å². The van der Waals surface area contributed by atoms with Crippen molar-refractivity contribution in [3.8, 4) is 0 Å². The van der Waals surface area contributed by atoms with E-state index >= 15 is 0 Å². The van der Waals surface area contributed by atoms with Crippen molar-refractivity contribution >= 4 is 12.2 Å². The van der Waals surface area contributed by atoms with Gasteiger partial charge in [0.1, 0.15) is 12.2 Å². The lowest BCUT2D eigenvalue weighted by atomic mass is 10.3. The van der Waals surface area contributed by atoms with E-state index in [1.54, 1.807) is 0 Å². The van der Waals surface area contributed by atoms with Crippen LogP contribution >= 0.6 is 0 Å². The summed E-state index contributed by atoms with van der Waals surface area (Å²) in [5, 5.41) is 6.58. The molecule has 0 aliphatic heterocycles. The highest BCUT2D eigenvalue weighted by Crippen LogP contribution is 1.89. The molecule has 0 aromatic carbocycles. The molecule has 0 spiro atoms. The summed E-state index contributed by atoms with van der Waals surface area (Å²) in [5.41, 5.74) is 6.27. The molecule has 0 bridgehead atoms. The molecule has 0 heterocycles. The highest BCUT2D eigenvalue weighted by Gasteiger charge is 1.89. The first kappa shape index (κ1) is 7.88. The largest absolute Gasteiger partial charge is 0.383 e. The van der Waals surface area contributed by atoms with Crippen molar-refractivity contribution in [1.29, 1.82) is 5.41 Å². The molecule has 0 amide bonds. The van der Waals surface area contributed by atoms with Crippen LogP contribution in [0.25, 0.3) is 0 Å². The zero-order valence-electron chi connectivity index (χ0n) is 5.68. The standard InChI is InChI=1S/C6H11N3/c1-3-5(2)6(8)9-4-7/h3-4H,1-2H3,(H3,7,8,9)/b5-3+. The van der Waals surface area contributed by atoms with Gasteiger partial charge in [0.05, 0.1) is 0 Å². The predicted molar refractivity (Wildman–Crippen MR) is 39.8 cm³/mol. The van der Waals surface area contributed by atoms with Crippen LogP contribution in [0.4, 0.5) is 0 Å². The molecule has 3 heteroatoms. The highest BCUT2D eigenvalue weighted by molar-refractivity contribution is 5.99. The fourth-order valence-electron chi connectivity index (χ4n) is 0.319. The number of nitrogens with two attached hydrogens (primary N) is 1. The molecular weight excluding hydrogens is 114 g/mol. The number of aliphatic imine (C=N–C) groups is 1. The van der Waals surface area contributed by atoms with Crippen LogP contribution in [0.1, 0.15) is 13.8 Å². The molecule has 3 N–H and O–H groups in total. The number of rotatable bonds is 2. The van der Waals surface area contributed by atoms with Crippen molar-refractivity contribution in [2.75, 3.05) is 0 Å². The summed E-state index contributed by atoms with van der Waals surface area (Å²) in [4.78, 5) is 3.56. The molecule has 0 radical (unpaired) electrons. The fraction of sp³-hybridized carbons (Fsp3) is 0.333.